The summed E-state index contributed by atoms with van der Waals surface area (Å²) in [7, 11) is 0. The molecule has 23 rings (SSSR count). The standard InChI is InChI=1S/C36H33N3.C28H15F2N3.C28H20N3O.C28H17N3.4Ni/c1-35(2,3)25-16-17-33-27(20-25)28-21-26(36(4,5)6)22-29(34(28)39-33)32-15-10-14-31(38-32)24-12-9-11-23(19-24)30-13-7-8-18-37-30;29-19-10-11-27-21(14-19)22-15-20(30)16-23(28(22)33-27)26-9-4-8-25(32-26)18-6-3-5-17(13-18)24-7-1-2-12-31-24;32-27-17-5-4-14-24(27)26-16-9-15-25(30-26)21-10-8-13-23(20-21)31(22-11-2-1-3-12-22)28-18-6-7-19-29-28;1-2-14-26-21(10-1)22-11-6-12-23(28(22)31-26)27-16-7-15-25(30-27)20-9-5-8-19(18-20)24-13-3-4-17-29-24;;;;/h7-18,20-22H,1-6H3;1-12,14-16H;1-19,32H;1-17H;;;;/q2*-2;-1;-2;;3*+2. The van der Waals surface area contributed by atoms with Crippen LogP contribution in [0.3, 0.4) is 0 Å². The van der Waals surface area contributed by atoms with Crippen LogP contribution in [0.25, 0.3) is 189 Å². The van der Waals surface area contributed by atoms with Gasteiger partial charge in [0.25, 0.3) is 0 Å². The SMILES string of the molecule is CC(C)(C)c1ccc2[n-]c3c(-c4cccc(-c5[c-]c(-c6ccccn6)ccc5)n4)cc(C(C)(C)C)cc3c2c1.Fc1ccc2[n-]c3c(-c4cccc(-c5[c-]c(-c6ccccn6)ccc5)n4)cc(F)cc3c2c1.Oc1ccccc1-c1cccc(-c2[c-]c(N(c3ccccc3)c3ccccn3)ccc2)n1.[Ni+2].[Ni+2].[Ni+2].[Ni].[c-]1c(-c2ccccn2)cccc1-c1cccc(-c2cccc3c2[n-]c2ccccc23)n1. The smallest absolute Gasteiger partial charge is 0.656 e. The number of aromatic nitrogens is 11. The molecule has 0 fully saturated rings. The van der Waals surface area contributed by atoms with Crippen LogP contribution in [0.5, 0.6) is 5.75 Å². The van der Waals surface area contributed by atoms with Crippen LogP contribution in [-0.4, -0.2) is 45.0 Å². The van der Waals surface area contributed by atoms with Crippen molar-refractivity contribution in [1.82, 2.24) is 54.8 Å². The number of pyridine rings is 8. The molecule has 0 aliphatic rings. The number of halogens is 2. The van der Waals surface area contributed by atoms with E-state index in [0.29, 0.717) is 50.0 Å². The van der Waals surface area contributed by atoms with E-state index < -0.39 is 5.82 Å². The van der Waals surface area contributed by atoms with E-state index in [4.69, 9.17) is 29.9 Å². The molecule has 0 saturated carbocycles. The van der Waals surface area contributed by atoms with Crippen molar-refractivity contribution in [2.24, 2.45) is 0 Å². The van der Waals surface area contributed by atoms with Gasteiger partial charge in [0.15, 0.2) is 0 Å². The van der Waals surface area contributed by atoms with Crippen molar-refractivity contribution in [3.63, 3.8) is 0 Å². The molecule has 11 heterocycles. The van der Waals surface area contributed by atoms with E-state index >= 15 is 0 Å². The Bertz CT molecular complexity index is 8240. The summed E-state index contributed by atoms with van der Waals surface area (Å²) in [5.74, 6) is 0.210. The molecule has 0 bridgehead atoms. The second-order valence-corrected chi connectivity index (χ2v) is 34.8. The zero-order chi connectivity index (χ0) is 92.1. The quantitative estimate of drug-likeness (QED) is 0.0807. The average Bonchev–Trinajstić information content (AvgIpc) is 1.62. The summed E-state index contributed by atoms with van der Waals surface area (Å²) in [5, 5.41) is 16.1. The third-order valence-corrected chi connectivity index (χ3v) is 23.6. The van der Waals surface area contributed by atoms with Gasteiger partial charge in [-0.1, -0.05) is 275 Å². The Morgan fingerprint density at radius 1 is 0.266 bits per heavy atom. The zero-order valence-corrected chi connectivity index (χ0v) is 79.9. The van der Waals surface area contributed by atoms with Crippen LogP contribution in [0.2, 0.25) is 0 Å². The van der Waals surface area contributed by atoms with Gasteiger partial charge in [0.2, 0.25) is 0 Å². The van der Waals surface area contributed by atoms with Gasteiger partial charge >= 0.3 is 49.5 Å². The van der Waals surface area contributed by atoms with E-state index in [1.54, 1.807) is 36.8 Å². The summed E-state index contributed by atoms with van der Waals surface area (Å²) in [4.78, 5) is 54.4. The van der Waals surface area contributed by atoms with Gasteiger partial charge in [-0.25, -0.2) is 13.8 Å². The Balaban J connectivity index is 0.000000133. The molecule has 19 heteroatoms. The van der Waals surface area contributed by atoms with E-state index in [9.17, 15) is 13.9 Å². The van der Waals surface area contributed by atoms with Crippen molar-refractivity contribution >= 4 is 82.6 Å². The molecule has 0 unspecified atom stereocenters. The maximum atomic E-state index is 14.6. The van der Waals surface area contributed by atoms with Crippen molar-refractivity contribution in [3.05, 3.63) is 448 Å². The summed E-state index contributed by atoms with van der Waals surface area (Å²) in [6.45, 7) is 13.6. The van der Waals surface area contributed by atoms with Crippen molar-refractivity contribution < 1.29 is 79.9 Å². The number of hydrogen-bond acceptors (Lipinski definition) is 10. The number of rotatable bonds is 14. The maximum Gasteiger partial charge on any atom is 2.00 e. The van der Waals surface area contributed by atoms with E-state index in [2.05, 4.69) is 181 Å². The first-order valence-electron chi connectivity index (χ1n) is 44.5. The van der Waals surface area contributed by atoms with E-state index in [1.165, 1.54) is 51.6 Å². The third kappa shape index (κ3) is 21.1. The second kappa shape index (κ2) is 42.5. The normalized spacial score (nSPS) is 11.1. The average molecular weight is 1980 g/mol. The first kappa shape index (κ1) is 96.8. The molecule has 0 radical (unpaired) electrons. The Kier molecular flexibility index (Phi) is 29.6. The van der Waals surface area contributed by atoms with Gasteiger partial charge in [0.1, 0.15) is 23.2 Å². The van der Waals surface area contributed by atoms with Crippen molar-refractivity contribution in [2.75, 3.05) is 4.90 Å². The van der Waals surface area contributed by atoms with Gasteiger partial charge in [-0.05, 0) is 185 Å². The number of phenols is 1. The maximum absolute atomic E-state index is 14.6. The fourth-order valence-corrected chi connectivity index (χ4v) is 16.8. The number of hydrogen-bond donors (Lipinski definition) is 1. The van der Waals surface area contributed by atoms with Crippen molar-refractivity contribution in [1.29, 1.82) is 0 Å². The summed E-state index contributed by atoms with van der Waals surface area (Å²) < 4.78 is 28.4. The molecule has 139 heavy (non-hydrogen) atoms. The van der Waals surface area contributed by atoms with Gasteiger partial charge in [0.05, 0.1) is 22.8 Å². The van der Waals surface area contributed by atoms with Crippen LogP contribution in [0.4, 0.5) is 26.0 Å². The fraction of sp³-hybridized carbons (Fsp3) is 0.0667. The van der Waals surface area contributed by atoms with Gasteiger partial charge in [-0.15, -0.1) is 136 Å². The number of anilines is 3. The number of fused-ring (bicyclic) bond motifs is 9. The Labute approximate surface area is 845 Å². The minimum Gasteiger partial charge on any atom is -0.656 e. The van der Waals surface area contributed by atoms with Crippen molar-refractivity contribution in [3.8, 4) is 130 Å². The van der Waals surface area contributed by atoms with Crippen LogP contribution in [-0.2, 0) is 76.8 Å². The zero-order valence-electron chi connectivity index (χ0n) is 75.9. The van der Waals surface area contributed by atoms with E-state index in [1.807, 2.05) is 255 Å². The van der Waals surface area contributed by atoms with Gasteiger partial charge in [0, 0.05) is 86.7 Å². The number of para-hydroxylation sites is 4. The van der Waals surface area contributed by atoms with Crippen LogP contribution in [0.1, 0.15) is 52.7 Å². The number of nitrogens with zero attached hydrogens (tertiary/aromatic N) is 12. The molecule has 1 N–H and O–H groups in total. The molecule has 12 aromatic carbocycles. The Hall–Kier alpha value is -15.3. The summed E-state index contributed by atoms with van der Waals surface area (Å²) in [6, 6.07) is 135. The Morgan fingerprint density at radius 2 is 0.626 bits per heavy atom. The predicted octanol–water partition coefficient (Wildman–Crippen LogP) is 29.3. The van der Waals surface area contributed by atoms with Gasteiger partial charge < -0.3 is 25.0 Å². The van der Waals surface area contributed by atoms with Crippen LogP contribution in [0, 0.1) is 35.9 Å². The molecular weight excluding hydrogens is 1900 g/mol. The molecule has 23 aromatic rings. The molecule has 0 atom stereocenters. The van der Waals surface area contributed by atoms with Gasteiger partial charge in [-0.2, -0.15) is 0 Å². The minimum atomic E-state index is -0.424. The third-order valence-electron chi connectivity index (χ3n) is 23.6. The van der Waals surface area contributed by atoms with Gasteiger partial charge in [-0.3, -0.25) is 34.9 Å². The Morgan fingerprint density at radius 3 is 1.13 bits per heavy atom. The number of benzene rings is 12. The fourth-order valence-electron chi connectivity index (χ4n) is 16.8. The molecule has 13 nitrogen and oxygen atoms in total. The molecule has 0 spiro atoms. The molecule has 0 aliphatic carbocycles. The van der Waals surface area contributed by atoms with Crippen molar-refractivity contribution in [2.45, 2.75) is 52.4 Å². The molecule has 11 aromatic heterocycles. The molecule has 0 saturated heterocycles. The van der Waals surface area contributed by atoms with Crippen LogP contribution < -0.4 is 19.9 Å². The molecule has 686 valence electrons. The van der Waals surface area contributed by atoms with Crippen LogP contribution in [0.15, 0.2) is 401 Å². The van der Waals surface area contributed by atoms with Crippen LogP contribution >= 0.6 is 0 Å². The number of aromatic hydroxyl groups is 1. The first-order valence-corrected chi connectivity index (χ1v) is 44.5. The molecule has 0 amide bonds. The second-order valence-electron chi connectivity index (χ2n) is 34.8. The van der Waals surface area contributed by atoms with E-state index in [0.717, 1.165) is 140 Å². The largest absolute Gasteiger partial charge is 2.00 e. The predicted molar refractivity (Wildman–Crippen MR) is 542 cm³/mol. The first-order chi connectivity index (χ1) is 65.9. The summed E-state index contributed by atoms with van der Waals surface area (Å²) in [5.41, 5.74) is 28.4. The topological polar surface area (TPSA) is 169 Å². The summed E-state index contributed by atoms with van der Waals surface area (Å²) in [6.07, 6.45) is 7.13. The number of phenolic OH excluding ortho intramolecular Hbond substituents is 1. The molecule has 0 aliphatic heterocycles. The minimum absolute atomic E-state index is 0. The summed E-state index contributed by atoms with van der Waals surface area (Å²) >= 11 is 0. The molecular formula is C120H85F2N12Ni4O-. The monoisotopic (exact) mass is 1980 g/mol. The van der Waals surface area contributed by atoms with E-state index in [-0.39, 0.29) is 88.4 Å².